The zero-order chi connectivity index (χ0) is 15.1. The Labute approximate surface area is 125 Å². The van der Waals surface area contributed by atoms with Crippen molar-refractivity contribution in [1.29, 1.82) is 0 Å². The van der Waals surface area contributed by atoms with E-state index < -0.39 is 0 Å². The molecule has 0 unspecified atom stereocenters. The Morgan fingerprint density at radius 2 is 2.05 bits per heavy atom. The Balaban J connectivity index is 1.72. The van der Waals surface area contributed by atoms with Gasteiger partial charge in [-0.05, 0) is 25.6 Å². The van der Waals surface area contributed by atoms with Crippen molar-refractivity contribution in [3.8, 4) is 0 Å². The molecule has 0 aliphatic heterocycles. The van der Waals surface area contributed by atoms with Crippen LogP contribution >= 0.6 is 0 Å². The van der Waals surface area contributed by atoms with Crippen LogP contribution in [-0.4, -0.2) is 34.6 Å². The van der Waals surface area contributed by atoms with E-state index >= 15 is 0 Å². The number of anilines is 1. The fourth-order valence-electron chi connectivity index (χ4n) is 2.15. The van der Waals surface area contributed by atoms with Crippen molar-refractivity contribution < 1.29 is 0 Å². The summed E-state index contributed by atoms with van der Waals surface area (Å²) in [5, 5.41) is 3.10. The maximum atomic E-state index is 11.8. The van der Waals surface area contributed by atoms with Gasteiger partial charge in [-0.25, -0.2) is 4.98 Å². The Morgan fingerprint density at radius 3 is 2.81 bits per heavy atom. The first-order chi connectivity index (χ1) is 10.2. The smallest absolute Gasteiger partial charge is 0.293 e. The van der Waals surface area contributed by atoms with Gasteiger partial charge >= 0.3 is 0 Å². The summed E-state index contributed by atoms with van der Waals surface area (Å²) in [5.74, 6) is 0.422. The first-order valence-corrected chi connectivity index (χ1v) is 7.15. The first-order valence-electron chi connectivity index (χ1n) is 7.15. The molecule has 112 valence electrons. The van der Waals surface area contributed by atoms with Crippen LogP contribution in [0.5, 0.6) is 0 Å². The molecule has 5 nitrogen and oxygen atoms in total. The summed E-state index contributed by atoms with van der Waals surface area (Å²) in [6, 6.07) is 10.4. The van der Waals surface area contributed by atoms with E-state index in [1.165, 1.54) is 10.1 Å². The molecule has 0 saturated carbocycles. The molecule has 1 N–H and O–H groups in total. The summed E-state index contributed by atoms with van der Waals surface area (Å²) in [5.41, 5.74) is 1.22. The van der Waals surface area contributed by atoms with Gasteiger partial charge in [-0.2, -0.15) is 0 Å². The van der Waals surface area contributed by atoms with Crippen molar-refractivity contribution in [3.63, 3.8) is 0 Å². The highest BCUT2D eigenvalue weighted by molar-refractivity contribution is 5.30. The summed E-state index contributed by atoms with van der Waals surface area (Å²) in [7, 11) is 3.83. The zero-order valence-corrected chi connectivity index (χ0v) is 12.6. The topological polar surface area (TPSA) is 50.2 Å². The molecule has 0 amide bonds. The molecule has 1 aromatic heterocycles. The van der Waals surface area contributed by atoms with E-state index in [2.05, 4.69) is 46.5 Å². The van der Waals surface area contributed by atoms with Gasteiger partial charge < -0.3 is 14.8 Å². The van der Waals surface area contributed by atoms with Crippen LogP contribution in [0.2, 0.25) is 0 Å². The van der Waals surface area contributed by atoms with E-state index in [9.17, 15) is 4.79 Å². The van der Waals surface area contributed by atoms with Crippen LogP contribution in [0.15, 0.2) is 47.5 Å². The zero-order valence-electron chi connectivity index (χ0n) is 12.6. The maximum absolute atomic E-state index is 11.8. The fourth-order valence-corrected chi connectivity index (χ4v) is 2.15. The molecule has 0 spiro atoms. The Morgan fingerprint density at radius 1 is 1.29 bits per heavy atom. The standard InChI is InChI=1S/C16H22N4O/c1-19(13-14-7-4-3-5-8-14)11-6-9-17-15-16(21)20(2)12-10-18-15/h3-5,7-8,10,12H,6,9,11,13H2,1-2H3,(H,17,18). The molecule has 5 heteroatoms. The minimum Gasteiger partial charge on any atom is -0.365 e. The molecule has 2 rings (SSSR count). The molecule has 0 saturated heterocycles. The highest BCUT2D eigenvalue weighted by Crippen LogP contribution is 2.03. The van der Waals surface area contributed by atoms with Gasteiger partial charge in [0.25, 0.3) is 5.56 Å². The third-order valence-corrected chi connectivity index (χ3v) is 3.32. The normalized spacial score (nSPS) is 10.8. The molecule has 21 heavy (non-hydrogen) atoms. The van der Waals surface area contributed by atoms with Gasteiger partial charge in [0.2, 0.25) is 0 Å². The van der Waals surface area contributed by atoms with Gasteiger partial charge in [-0.15, -0.1) is 0 Å². The van der Waals surface area contributed by atoms with Gasteiger partial charge in [-0.1, -0.05) is 30.3 Å². The average molecular weight is 286 g/mol. The lowest BCUT2D eigenvalue weighted by atomic mass is 10.2. The van der Waals surface area contributed by atoms with Crippen molar-refractivity contribution in [2.24, 2.45) is 7.05 Å². The third-order valence-electron chi connectivity index (χ3n) is 3.32. The number of nitrogens with zero attached hydrogens (tertiary/aromatic N) is 3. The number of aromatic nitrogens is 2. The Kier molecular flexibility index (Phi) is 5.51. The van der Waals surface area contributed by atoms with Gasteiger partial charge in [0.1, 0.15) is 0 Å². The number of nitrogens with one attached hydrogen (secondary N) is 1. The van der Waals surface area contributed by atoms with Crippen LogP contribution < -0.4 is 10.9 Å². The minimum absolute atomic E-state index is 0.0878. The van der Waals surface area contributed by atoms with Crippen LogP contribution in [-0.2, 0) is 13.6 Å². The monoisotopic (exact) mass is 286 g/mol. The quantitative estimate of drug-likeness (QED) is 0.787. The summed E-state index contributed by atoms with van der Waals surface area (Å²) in [6.07, 6.45) is 4.25. The van der Waals surface area contributed by atoms with E-state index in [-0.39, 0.29) is 5.56 Å². The highest BCUT2D eigenvalue weighted by Gasteiger charge is 2.02. The van der Waals surface area contributed by atoms with Crippen LogP contribution in [0.25, 0.3) is 0 Å². The van der Waals surface area contributed by atoms with E-state index in [1.54, 1.807) is 19.4 Å². The molecule has 0 atom stereocenters. The lowest BCUT2D eigenvalue weighted by molar-refractivity contribution is 0.325. The first kappa shape index (κ1) is 15.3. The molecule has 1 heterocycles. The molecule has 1 aromatic carbocycles. The molecule has 0 aliphatic rings. The second-order valence-electron chi connectivity index (χ2n) is 5.20. The summed E-state index contributed by atoms with van der Waals surface area (Å²) >= 11 is 0. The number of rotatable bonds is 7. The Hall–Kier alpha value is -2.14. The second kappa shape index (κ2) is 7.59. The average Bonchev–Trinajstić information content (AvgIpc) is 2.49. The van der Waals surface area contributed by atoms with Crippen molar-refractivity contribution >= 4 is 5.82 Å². The summed E-state index contributed by atoms with van der Waals surface area (Å²) in [4.78, 5) is 18.1. The summed E-state index contributed by atoms with van der Waals surface area (Å²) in [6.45, 7) is 2.65. The largest absolute Gasteiger partial charge is 0.365 e. The molecule has 0 aliphatic carbocycles. The van der Waals surface area contributed by atoms with Crippen molar-refractivity contribution in [3.05, 3.63) is 58.6 Å². The maximum Gasteiger partial charge on any atom is 0.293 e. The lowest BCUT2D eigenvalue weighted by Gasteiger charge is -2.16. The molecule has 0 bridgehead atoms. The molecular formula is C16H22N4O. The van der Waals surface area contributed by atoms with Gasteiger partial charge in [0.05, 0.1) is 0 Å². The molecular weight excluding hydrogens is 264 g/mol. The van der Waals surface area contributed by atoms with E-state index in [0.29, 0.717) is 5.82 Å². The number of hydrogen-bond acceptors (Lipinski definition) is 4. The lowest BCUT2D eigenvalue weighted by Crippen LogP contribution is -2.24. The van der Waals surface area contributed by atoms with Crippen LogP contribution in [0.1, 0.15) is 12.0 Å². The Bertz CT molecular complexity index is 609. The molecule has 0 radical (unpaired) electrons. The molecule has 2 aromatic rings. The summed E-state index contributed by atoms with van der Waals surface area (Å²) < 4.78 is 1.52. The van der Waals surface area contributed by atoms with Crippen LogP contribution in [0.4, 0.5) is 5.82 Å². The number of benzene rings is 1. The van der Waals surface area contributed by atoms with Crippen molar-refractivity contribution in [2.75, 3.05) is 25.5 Å². The van der Waals surface area contributed by atoms with Gasteiger partial charge in [-0.3, -0.25) is 4.79 Å². The third kappa shape index (κ3) is 4.72. The predicted octanol–water partition coefficient (Wildman–Crippen LogP) is 1.71. The fraction of sp³-hybridized carbons (Fsp3) is 0.375. The van der Waals surface area contributed by atoms with Gasteiger partial charge in [0.15, 0.2) is 5.82 Å². The van der Waals surface area contributed by atoms with E-state index in [1.807, 2.05) is 6.07 Å². The highest BCUT2D eigenvalue weighted by atomic mass is 16.1. The van der Waals surface area contributed by atoms with Gasteiger partial charge in [0, 0.05) is 32.5 Å². The van der Waals surface area contributed by atoms with E-state index in [4.69, 9.17) is 0 Å². The number of aryl methyl sites for hydroxylation is 1. The second-order valence-corrected chi connectivity index (χ2v) is 5.20. The van der Waals surface area contributed by atoms with E-state index in [0.717, 1.165) is 26.1 Å². The van der Waals surface area contributed by atoms with Crippen molar-refractivity contribution in [1.82, 2.24) is 14.5 Å². The molecule has 0 fully saturated rings. The van der Waals surface area contributed by atoms with Crippen LogP contribution in [0.3, 0.4) is 0 Å². The SMILES string of the molecule is CN(CCCNc1nccn(C)c1=O)Cc1ccccc1. The minimum atomic E-state index is -0.0878. The number of hydrogen-bond donors (Lipinski definition) is 1. The van der Waals surface area contributed by atoms with Crippen LogP contribution in [0, 0.1) is 0 Å². The predicted molar refractivity (Wildman–Crippen MR) is 85.4 cm³/mol. The van der Waals surface area contributed by atoms with Crippen molar-refractivity contribution in [2.45, 2.75) is 13.0 Å².